The lowest BCUT2D eigenvalue weighted by Gasteiger charge is -2.27. The Balaban J connectivity index is 2.23. The second-order valence-corrected chi connectivity index (χ2v) is 4.87. The molecule has 19 heavy (non-hydrogen) atoms. The molecular formula is C13H18N2O4. The first kappa shape index (κ1) is 13.6. The van der Waals surface area contributed by atoms with Gasteiger partial charge in [0.25, 0.3) is 0 Å². The molecule has 6 nitrogen and oxygen atoms in total. The van der Waals surface area contributed by atoms with Gasteiger partial charge in [-0.2, -0.15) is 0 Å². The second kappa shape index (κ2) is 5.88. The van der Waals surface area contributed by atoms with E-state index in [9.17, 15) is 14.7 Å². The first-order valence-corrected chi connectivity index (χ1v) is 6.43. The summed E-state index contributed by atoms with van der Waals surface area (Å²) in [4.78, 5) is 24.5. The van der Waals surface area contributed by atoms with Crippen LogP contribution in [0, 0.1) is 0 Å². The van der Waals surface area contributed by atoms with Crippen LogP contribution in [0.1, 0.15) is 25.0 Å². The Labute approximate surface area is 110 Å². The van der Waals surface area contributed by atoms with Gasteiger partial charge in [-0.15, -0.1) is 0 Å². The van der Waals surface area contributed by atoms with Crippen LogP contribution in [0.4, 0.5) is 0 Å². The molecular weight excluding hydrogens is 248 g/mol. The molecule has 2 heterocycles. The number of carboxylic acid groups (broad SMARTS) is 1. The van der Waals surface area contributed by atoms with E-state index in [1.54, 1.807) is 0 Å². The van der Waals surface area contributed by atoms with Gasteiger partial charge in [-0.05, 0) is 25.9 Å². The molecule has 0 radical (unpaired) electrons. The predicted octanol–water partition coefficient (Wildman–Crippen LogP) is 0.624. The number of hydrogen-bond acceptors (Lipinski definition) is 4. The van der Waals surface area contributed by atoms with Crippen molar-refractivity contribution in [3.05, 3.63) is 28.2 Å². The molecule has 0 aromatic carbocycles. The molecule has 0 bridgehead atoms. The van der Waals surface area contributed by atoms with Gasteiger partial charge in [-0.25, -0.2) is 0 Å². The van der Waals surface area contributed by atoms with Crippen LogP contribution in [0.5, 0.6) is 5.75 Å². The summed E-state index contributed by atoms with van der Waals surface area (Å²) in [5, 5.41) is 18.3. The fourth-order valence-corrected chi connectivity index (χ4v) is 2.38. The molecule has 0 unspecified atom stereocenters. The molecule has 6 heteroatoms. The number of carbonyl (C=O) groups is 1. The fourth-order valence-electron chi connectivity index (χ4n) is 2.38. The molecule has 1 aromatic heterocycles. The highest BCUT2D eigenvalue weighted by molar-refractivity contribution is 5.66. The molecule has 2 N–H and O–H groups in total. The smallest absolute Gasteiger partial charge is 0.323 e. The van der Waals surface area contributed by atoms with Crippen LogP contribution in [0.25, 0.3) is 0 Å². The molecule has 0 aliphatic carbocycles. The Kier molecular flexibility index (Phi) is 4.21. The highest BCUT2D eigenvalue weighted by Gasteiger charge is 2.14. The van der Waals surface area contributed by atoms with Crippen LogP contribution >= 0.6 is 0 Å². The quantitative estimate of drug-likeness (QED) is 0.835. The summed E-state index contributed by atoms with van der Waals surface area (Å²) in [7, 11) is 0. The van der Waals surface area contributed by atoms with Gasteiger partial charge in [0.2, 0.25) is 5.43 Å². The maximum Gasteiger partial charge on any atom is 0.323 e. The summed E-state index contributed by atoms with van der Waals surface area (Å²) in [5.74, 6) is -1.41. The third kappa shape index (κ3) is 3.57. The van der Waals surface area contributed by atoms with Crippen molar-refractivity contribution >= 4 is 5.97 Å². The summed E-state index contributed by atoms with van der Waals surface area (Å²) < 4.78 is 1.42. The number of rotatable bonds is 4. The molecule has 1 saturated heterocycles. The SMILES string of the molecule is O=C(O)Cn1cc(O)c(=O)cc1CN1CCCCC1. The minimum absolute atomic E-state index is 0.253. The molecule has 104 valence electrons. The number of nitrogens with zero attached hydrogens (tertiary/aromatic N) is 2. The monoisotopic (exact) mass is 266 g/mol. The average Bonchev–Trinajstić information content (AvgIpc) is 2.36. The summed E-state index contributed by atoms with van der Waals surface area (Å²) in [6.07, 6.45) is 4.67. The van der Waals surface area contributed by atoms with E-state index in [-0.39, 0.29) is 6.54 Å². The van der Waals surface area contributed by atoms with E-state index < -0.39 is 17.1 Å². The van der Waals surface area contributed by atoms with Crippen LogP contribution in [0.15, 0.2) is 17.1 Å². The molecule has 1 aliphatic rings. The Morgan fingerprint density at radius 3 is 2.58 bits per heavy atom. The number of pyridine rings is 1. The number of piperidine rings is 1. The Morgan fingerprint density at radius 2 is 1.95 bits per heavy atom. The van der Waals surface area contributed by atoms with E-state index in [0.29, 0.717) is 12.2 Å². The van der Waals surface area contributed by atoms with Gasteiger partial charge in [0.1, 0.15) is 6.54 Å². The lowest BCUT2D eigenvalue weighted by molar-refractivity contribution is -0.137. The molecule has 0 amide bonds. The number of aliphatic carboxylic acids is 1. The Morgan fingerprint density at radius 1 is 1.26 bits per heavy atom. The normalized spacial score (nSPS) is 16.4. The number of hydrogen-bond donors (Lipinski definition) is 2. The van der Waals surface area contributed by atoms with E-state index in [4.69, 9.17) is 5.11 Å². The average molecular weight is 266 g/mol. The predicted molar refractivity (Wildman–Crippen MR) is 69.1 cm³/mol. The Hall–Kier alpha value is -1.82. The molecule has 2 rings (SSSR count). The van der Waals surface area contributed by atoms with Crippen molar-refractivity contribution in [2.75, 3.05) is 13.1 Å². The topological polar surface area (TPSA) is 82.8 Å². The van der Waals surface area contributed by atoms with Crippen molar-refractivity contribution in [3.8, 4) is 5.75 Å². The van der Waals surface area contributed by atoms with Crippen molar-refractivity contribution in [2.24, 2.45) is 0 Å². The standard InChI is InChI=1S/C13H18N2O4/c16-11-6-10(7-14-4-2-1-3-5-14)15(8-12(11)17)9-13(18)19/h6,8,17H,1-5,7,9H2,(H,18,19). The van der Waals surface area contributed by atoms with E-state index in [2.05, 4.69) is 4.90 Å². The van der Waals surface area contributed by atoms with E-state index in [1.807, 2.05) is 0 Å². The fraction of sp³-hybridized carbons (Fsp3) is 0.538. The van der Waals surface area contributed by atoms with Gasteiger partial charge in [-0.1, -0.05) is 6.42 Å². The molecule has 1 aliphatic heterocycles. The first-order chi connectivity index (χ1) is 9.06. The van der Waals surface area contributed by atoms with Crippen molar-refractivity contribution in [1.82, 2.24) is 9.47 Å². The van der Waals surface area contributed by atoms with Crippen LogP contribution in [0.3, 0.4) is 0 Å². The number of aromatic hydroxyl groups is 1. The molecule has 1 aromatic rings. The minimum atomic E-state index is -0.997. The third-order valence-electron chi connectivity index (χ3n) is 3.34. The van der Waals surface area contributed by atoms with E-state index in [0.717, 1.165) is 25.9 Å². The maximum absolute atomic E-state index is 11.5. The molecule has 1 fully saturated rings. The highest BCUT2D eigenvalue weighted by Crippen LogP contribution is 2.13. The summed E-state index contributed by atoms with van der Waals surface area (Å²) >= 11 is 0. The van der Waals surface area contributed by atoms with Gasteiger partial charge in [-0.3, -0.25) is 14.5 Å². The lowest BCUT2D eigenvalue weighted by atomic mass is 10.1. The van der Waals surface area contributed by atoms with Gasteiger partial charge >= 0.3 is 5.97 Å². The van der Waals surface area contributed by atoms with E-state index in [1.165, 1.54) is 23.3 Å². The molecule has 0 atom stereocenters. The number of aromatic nitrogens is 1. The van der Waals surface area contributed by atoms with Crippen LogP contribution in [0.2, 0.25) is 0 Å². The second-order valence-electron chi connectivity index (χ2n) is 4.87. The van der Waals surface area contributed by atoms with Crippen LogP contribution < -0.4 is 5.43 Å². The molecule has 0 saturated carbocycles. The summed E-state index contributed by atoms with van der Waals surface area (Å²) in [6, 6.07) is 1.33. The number of carboxylic acids is 1. The highest BCUT2D eigenvalue weighted by atomic mass is 16.4. The van der Waals surface area contributed by atoms with Gasteiger partial charge in [0.05, 0.1) is 6.20 Å². The zero-order valence-electron chi connectivity index (χ0n) is 10.7. The maximum atomic E-state index is 11.5. The summed E-state index contributed by atoms with van der Waals surface area (Å²) in [6.45, 7) is 2.21. The van der Waals surface area contributed by atoms with Crippen molar-refractivity contribution in [1.29, 1.82) is 0 Å². The van der Waals surface area contributed by atoms with Crippen molar-refractivity contribution in [3.63, 3.8) is 0 Å². The largest absolute Gasteiger partial charge is 0.503 e. The van der Waals surface area contributed by atoms with Crippen molar-refractivity contribution in [2.45, 2.75) is 32.4 Å². The van der Waals surface area contributed by atoms with E-state index >= 15 is 0 Å². The first-order valence-electron chi connectivity index (χ1n) is 6.43. The Bertz CT molecular complexity index is 518. The minimum Gasteiger partial charge on any atom is -0.503 e. The summed E-state index contributed by atoms with van der Waals surface area (Å²) in [5.41, 5.74) is 0.167. The van der Waals surface area contributed by atoms with Gasteiger partial charge < -0.3 is 14.8 Å². The molecule has 0 spiro atoms. The lowest BCUT2D eigenvalue weighted by Crippen LogP contribution is -2.31. The number of likely N-dealkylation sites (tertiary alicyclic amines) is 1. The zero-order chi connectivity index (χ0) is 13.8. The van der Waals surface area contributed by atoms with Crippen LogP contribution in [-0.2, 0) is 17.9 Å². The van der Waals surface area contributed by atoms with Gasteiger partial charge in [0, 0.05) is 18.3 Å². The third-order valence-corrected chi connectivity index (χ3v) is 3.34. The zero-order valence-corrected chi connectivity index (χ0v) is 10.7. The van der Waals surface area contributed by atoms with Gasteiger partial charge in [0.15, 0.2) is 5.75 Å². The van der Waals surface area contributed by atoms with Crippen molar-refractivity contribution < 1.29 is 15.0 Å². The van der Waals surface area contributed by atoms with Crippen LogP contribution in [-0.4, -0.2) is 38.7 Å².